The van der Waals surface area contributed by atoms with Gasteiger partial charge in [-0.25, -0.2) is 0 Å². The Hall–Kier alpha value is -2.66. The molecule has 5 nitrogen and oxygen atoms in total. The Bertz CT molecular complexity index is 999. The van der Waals surface area contributed by atoms with Crippen molar-refractivity contribution in [2.75, 3.05) is 0 Å². The molecule has 0 N–H and O–H groups in total. The number of rotatable bonds is 4. The van der Waals surface area contributed by atoms with Crippen LogP contribution < -0.4 is 0 Å². The molecule has 3 aromatic rings. The van der Waals surface area contributed by atoms with Gasteiger partial charge in [0.1, 0.15) is 6.04 Å². The van der Waals surface area contributed by atoms with Gasteiger partial charge in [0, 0.05) is 23.6 Å². The molecule has 0 aliphatic carbocycles. The molecule has 0 spiro atoms. The van der Waals surface area contributed by atoms with Gasteiger partial charge in [0.25, 0.3) is 0 Å². The highest BCUT2D eigenvalue weighted by Gasteiger charge is 2.36. The predicted octanol–water partition coefficient (Wildman–Crippen LogP) is 4.87. The number of aryl methyl sites for hydroxylation is 2. The smallest absolute Gasteiger partial charge is 0.249 e. The van der Waals surface area contributed by atoms with Crippen molar-refractivity contribution in [3.05, 3.63) is 70.1 Å². The van der Waals surface area contributed by atoms with E-state index in [9.17, 15) is 4.79 Å². The maximum Gasteiger partial charge on any atom is 0.249 e. The first-order chi connectivity index (χ1) is 13.0. The number of carbonyl (C=O) groups excluding carboxylic acids is 1. The third-order valence-corrected chi connectivity index (χ3v) is 5.35. The van der Waals surface area contributed by atoms with Crippen LogP contribution in [0.15, 0.2) is 47.0 Å². The number of benzene rings is 2. The van der Waals surface area contributed by atoms with E-state index in [-0.39, 0.29) is 11.9 Å². The molecule has 2 heterocycles. The van der Waals surface area contributed by atoms with E-state index in [0.29, 0.717) is 36.1 Å². The summed E-state index contributed by atoms with van der Waals surface area (Å²) < 4.78 is 5.55. The number of halogens is 1. The highest BCUT2D eigenvalue weighted by Crippen LogP contribution is 2.35. The largest absolute Gasteiger partial charge is 0.337 e. The van der Waals surface area contributed by atoms with Crippen LogP contribution in [0.2, 0.25) is 5.02 Å². The molecular weight excluding hydrogens is 362 g/mol. The lowest BCUT2D eigenvalue weighted by molar-refractivity contribution is -0.129. The molecule has 1 amide bonds. The zero-order chi connectivity index (χ0) is 19.0. The highest BCUT2D eigenvalue weighted by atomic mass is 35.5. The number of carbonyl (C=O) groups is 1. The number of nitrogens with zero attached hydrogens (tertiary/aromatic N) is 3. The number of hydrogen-bond donors (Lipinski definition) is 0. The zero-order valence-electron chi connectivity index (χ0n) is 15.3. The van der Waals surface area contributed by atoms with E-state index in [1.807, 2.05) is 43.3 Å². The lowest BCUT2D eigenvalue weighted by Gasteiger charge is -2.22. The Morgan fingerprint density at radius 1 is 1.22 bits per heavy atom. The number of aromatic nitrogens is 2. The summed E-state index contributed by atoms with van der Waals surface area (Å²) in [7, 11) is 0. The van der Waals surface area contributed by atoms with Crippen LogP contribution in [0.25, 0.3) is 11.4 Å². The maximum atomic E-state index is 12.4. The summed E-state index contributed by atoms with van der Waals surface area (Å²) in [5.74, 6) is 1.11. The molecule has 1 fully saturated rings. The molecule has 6 heteroatoms. The molecular formula is C21H20ClN3O2. The SMILES string of the molecule is Cc1ccc(-c2noc(C3CCC(=O)N3Cc3ccccc3Cl)n2)c(C)c1. The first-order valence-corrected chi connectivity index (χ1v) is 9.35. The Balaban J connectivity index is 1.61. The van der Waals surface area contributed by atoms with Crippen LogP contribution in [-0.2, 0) is 11.3 Å². The van der Waals surface area contributed by atoms with Crippen molar-refractivity contribution in [1.29, 1.82) is 0 Å². The Morgan fingerprint density at radius 3 is 2.81 bits per heavy atom. The standard InChI is InChI=1S/C21H20ClN3O2/c1-13-7-8-16(14(2)11-13)20-23-21(27-24-20)18-9-10-19(26)25(18)12-15-5-3-4-6-17(15)22/h3-8,11,18H,9-10,12H2,1-2H3. The lowest BCUT2D eigenvalue weighted by atomic mass is 10.1. The van der Waals surface area contributed by atoms with E-state index in [1.165, 1.54) is 5.56 Å². The molecule has 1 atom stereocenters. The van der Waals surface area contributed by atoms with Gasteiger partial charge >= 0.3 is 0 Å². The van der Waals surface area contributed by atoms with Crippen molar-refractivity contribution >= 4 is 17.5 Å². The van der Waals surface area contributed by atoms with Crippen molar-refractivity contribution in [2.24, 2.45) is 0 Å². The lowest BCUT2D eigenvalue weighted by Crippen LogP contribution is -2.27. The predicted molar refractivity (Wildman–Crippen MR) is 103 cm³/mol. The number of amides is 1. The minimum atomic E-state index is -0.222. The second-order valence-electron chi connectivity index (χ2n) is 6.94. The van der Waals surface area contributed by atoms with Gasteiger partial charge < -0.3 is 9.42 Å². The topological polar surface area (TPSA) is 59.2 Å². The van der Waals surface area contributed by atoms with Crippen LogP contribution in [0.5, 0.6) is 0 Å². The second kappa shape index (κ2) is 7.16. The van der Waals surface area contributed by atoms with Gasteiger partial charge in [-0.05, 0) is 37.5 Å². The van der Waals surface area contributed by atoms with Crippen molar-refractivity contribution in [2.45, 2.75) is 39.3 Å². The first kappa shape index (κ1) is 17.7. The maximum absolute atomic E-state index is 12.4. The fourth-order valence-electron chi connectivity index (χ4n) is 3.54. The molecule has 1 aromatic heterocycles. The van der Waals surface area contributed by atoms with E-state index in [4.69, 9.17) is 16.1 Å². The third-order valence-electron chi connectivity index (χ3n) is 4.98. The fourth-order valence-corrected chi connectivity index (χ4v) is 3.74. The van der Waals surface area contributed by atoms with Crippen molar-refractivity contribution in [1.82, 2.24) is 15.0 Å². The summed E-state index contributed by atoms with van der Waals surface area (Å²) in [4.78, 5) is 18.8. The molecule has 1 aliphatic rings. The van der Waals surface area contributed by atoms with Gasteiger partial charge in [0.05, 0.1) is 0 Å². The molecule has 138 valence electrons. The van der Waals surface area contributed by atoms with Crippen LogP contribution in [-0.4, -0.2) is 20.9 Å². The van der Waals surface area contributed by atoms with Crippen LogP contribution in [0.4, 0.5) is 0 Å². The summed E-state index contributed by atoms with van der Waals surface area (Å²) in [6, 6.07) is 13.5. The summed E-state index contributed by atoms with van der Waals surface area (Å²) in [6.07, 6.45) is 1.13. The van der Waals surface area contributed by atoms with Gasteiger partial charge in [-0.3, -0.25) is 4.79 Å². The van der Waals surface area contributed by atoms with Crippen molar-refractivity contribution < 1.29 is 9.32 Å². The van der Waals surface area contributed by atoms with Gasteiger partial charge in [-0.15, -0.1) is 0 Å². The van der Waals surface area contributed by atoms with Crippen LogP contribution >= 0.6 is 11.6 Å². The summed E-state index contributed by atoms with van der Waals surface area (Å²) in [6.45, 7) is 4.51. The minimum absolute atomic E-state index is 0.0752. The third kappa shape index (κ3) is 3.47. The molecule has 0 radical (unpaired) electrons. The highest BCUT2D eigenvalue weighted by molar-refractivity contribution is 6.31. The molecule has 1 aliphatic heterocycles. The quantitative estimate of drug-likeness (QED) is 0.646. The average molecular weight is 382 g/mol. The van der Waals surface area contributed by atoms with Gasteiger partial charge in [-0.1, -0.05) is 58.7 Å². The second-order valence-corrected chi connectivity index (χ2v) is 7.35. The van der Waals surface area contributed by atoms with Crippen LogP contribution in [0.3, 0.4) is 0 Å². The summed E-state index contributed by atoms with van der Waals surface area (Å²) in [5.41, 5.74) is 4.14. The minimum Gasteiger partial charge on any atom is -0.337 e. The fraction of sp³-hybridized carbons (Fsp3) is 0.286. The molecule has 0 bridgehead atoms. The molecule has 27 heavy (non-hydrogen) atoms. The van der Waals surface area contributed by atoms with Gasteiger partial charge in [-0.2, -0.15) is 4.98 Å². The molecule has 0 saturated carbocycles. The molecule has 2 aromatic carbocycles. The Morgan fingerprint density at radius 2 is 2.04 bits per heavy atom. The molecule has 1 unspecified atom stereocenters. The molecule has 4 rings (SSSR count). The first-order valence-electron chi connectivity index (χ1n) is 8.97. The monoisotopic (exact) mass is 381 g/mol. The van der Waals surface area contributed by atoms with E-state index in [2.05, 4.69) is 23.1 Å². The number of hydrogen-bond acceptors (Lipinski definition) is 4. The Labute approximate surface area is 163 Å². The molecule has 1 saturated heterocycles. The van der Waals surface area contributed by atoms with Gasteiger partial charge in [0.2, 0.25) is 17.6 Å². The van der Waals surface area contributed by atoms with Crippen LogP contribution in [0.1, 0.15) is 41.5 Å². The van der Waals surface area contributed by atoms with Crippen molar-refractivity contribution in [3.8, 4) is 11.4 Å². The normalized spacial score (nSPS) is 16.9. The van der Waals surface area contributed by atoms with E-state index in [0.717, 1.165) is 16.7 Å². The number of likely N-dealkylation sites (tertiary alicyclic amines) is 1. The van der Waals surface area contributed by atoms with E-state index < -0.39 is 0 Å². The average Bonchev–Trinajstić information content (AvgIpc) is 3.24. The Kier molecular flexibility index (Phi) is 4.70. The zero-order valence-corrected chi connectivity index (χ0v) is 16.0. The van der Waals surface area contributed by atoms with E-state index in [1.54, 1.807) is 4.90 Å². The van der Waals surface area contributed by atoms with Crippen molar-refractivity contribution in [3.63, 3.8) is 0 Å². The van der Waals surface area contributed by atoms with Gasteiger partial charge in [0.15, 0.2) is 0 Å². The van der Waals surface area contributed by atoms with E-state index >= 15 is 0 Å². The van der Waals surface area contributed by atoms with Crippen LogP contribution in [0, 0.1) is 13.8 Å². The summed E-state index contributed by atoms with van der Waals surface area (Å²) >= 11 is 6.27. The summed E-state index contributed by atoms with van der Waals surface area (Å²) in [5, 5.41) is 4.81.